The Labute approximate surface area is 77.5 Å². The summed E-state index contributed by atoms with van der Waals surface area (Å²) in [7, 11) is 0. The molecular formula is C7H11BrF4. The molecule has 0 aliphatic carbocycles. The molecule has 5 heteroatoms. The molecule has 0 nitrogen and oxygen atoms in total. The van der Waals surface area contributed by atoms with E-state index in [9.17, 15) is 17.6 Å². The van der Waals surface area contributed by atoms with E-state index < -0.39 is 24.2 Å². The molecule has 0 fully saturated rings. The van der Waals surface area contributed by atoms with Crippen LogP contribution in [0.25, 0.3) is 0 Å². The minimum atomic E-state index is -4.72. The van der Waals surface area contributed by atoms with Gasteiger partial charge < -0.3 is 0 Å². The van der Waals surface area contributed by atoms with Gasteiger partial charge in [-0.3, -0.25) is 0 Å². The first-order chi connectivity index (χ1) is 5.19. The van der Waals surface area contributed by atoms with Crippen molar-refractivity contribution in [3.63, 3.8) is 0 Å². The highest BCUT2D eigenvalue weighted by Gasteiger charge is 2.42. The number of hydrogen-bond donors (Lipinski definition) is 0. The number of halogens is 5. The smallest absolute Gasteiger partial charge is 0.237 e. The molecule has 0 spiro atoms. The largest absolute Gasteiger partial charge is 0.419 e. The zero-order chi connectivity index (χ0) is 9.99. The molecule has 0 N–H and O–H groups in total. The lowest BCUT2D eigenvalue weighted by molar-refractivity contribution is -0.187. The average molecular weight is 251 g/mol. The maximum Gasteiger partial charge on any atom is 0.419 e. The quantitative estimate of drug-likeness (QED) is 0.530. The summed E-state index contributed by atoms with van der Waals surface area (Å²) in [6, 6.07) is 0. The van der Waals surface area contributed by atoms with Crippen molar-refractivity contribution in [1.82, 2.24) is 0 Å². The Kier molecular flexibility index (Phi) is 4.00. The van der Waals surface area contributed by atoms with Crippen LogP contribution in [0, 0.1) is 5.41 Å². The van der Waals surface area contributed by atoms with Crippen molar-refractivity contribution < 1.29 is 17.6 Å². The minimum absolute atomic E-state index is 0.358. The van der Waals surface area contributed by atoms with Gasteiger partial charge in [0.2, 0.25) is 0 Å². The van der Waals surface area contributed by atoms with Crippen LogP contribution in [0.2, 0.25) is 0 Å². The lowest BCUT2D eigenvalue weighted by Gasteiger charge is -2.24. The summed E-state index contributed by atoms with van der Waals surface area (Å²) in [4.78, 5) is 0. The first kappa shape index (κ1) is 12.2. The molecule has 12 heavy (non-hydrogen) atoms. The maximum atomic E-state index is 12.4. The van der Waals surface area contributed by atoms with Gasteiger partial charge in [-0.15, -0.1) is 0 Å². The monoisotopic (exact) mass is 250 g/mol. The van der Waals surface area contributed by atoms with Crippen LogP contribution in [-0.4, -0.2) is 17.7 Å². The van der Waals surface area contributed by atoms with E-state index in [4.69, 9.17) is 0 Å². The Balaban J connectivity index is 4.09. The van der Waals surface area contributed by atoms with Crippen LogP contribution in [0.5, 0.6) is 0 Å². The van der Waals surface area contributed by atoms with Crippen molar-refractivity contribution in [2.24, 2.45) is 5.41 Å². The van der Waals surface area contributed by atoms with Crippen LogP contribution in [0.15, 0.2) is 0 Å². The van der Waals surface area contributed by atoms with Gasteiger partial charge in [0.1, 0.15) is 0 Å². The third-order valence-corrected chi connectivity index (χ3v) is 2.97. The summed E-state index contributed by atoms with van der Waals surface area (Å²) in [5.74, 6) is 0. The third-order valence-electron chi connectivity index (χ3n) is 1.45. The highest BCUT2D eigenvalue weighted by Crippen LogP contribution is 2.33. The highest BCUT2D eigenvalue weighted by atomic mass is 79.9. The molecule has 0 aromatic heterocycles. The molecule has 0 aromatic carbocycles. The molecule has 0 amide bonds. The molecule has 0 bridgehead atoms. The lowest BCUT2D eigenvalue weighted by Crippen LogP contribution is -2.30. The van der Waals surface area contributed by atoms with Crippen LogP contribution < -0.4 is 0 Å². The maximum absolute atomic E-state index is 12.4. The van der Waals surface area contributed by atoms with Crippen molar-refractivity contribution in [3.05, 3.63) is 0 Å². The van der Waals surface area contributed by atoms with Crippen LogP contribution in [-0.2, 0) is 0 Å². The Morgan fingerprint density at radius 2 is 1.67 bits per heavy atom. The number of hydrogen-bond acceptors (Lipinski definition) is 0. The molecule has 0 saturated carbocycles. The van der Waals surface area contributed by atoms with Gasteiger partial charge in [0.05, 0.1) is 0 Å². The molecule has 74 valence electrons. The number of alkyl halides is 5. The Morgan fingerprint density at radius 3 is 1.92 bits per heavy atom. The van der Waals surface area contributed by atoms with Gasteiger partial charge in [0, 0.05) is 5.33 Å². The lowest BCUT2D eigenvalue weighted by atomic mass is 9.89. The predicted octanol–water partition coefficient (Wildman–Crippen LogP) is 3.70. The first-order valence-electron chi connectivity index (χ1n) is 3.46. The van der Waals surface area contributed by atoms with Gasteiger partial charge >= 0.3 is 6.18 Å². The fourth-order valence-electron chi connectivity index (χ4n) is 0.655. The zero-order valence-electron chi connectivity index (χ0n) is 6.88. The second-order valence-corrected chi connectivity index (χ2v) is 4.07. The van der Waals surface area contributed by atoms with Crippen LogP contribution in [0.1, 0.15) is 20.3 Å². The van der Waals surface area contributed by atoms with Gasteiger partial charge in [-0.05, 0) is 11.8 Å². The van der Waals surface area contributed by atoms with Crippen LogP contribution >= 0.6 is 15.9 Å². The van der Waals surface area contributed by atoms with E-state index in [-0.39, 0.29) is 0 Å². The number of rotatable bonds is 3. The van der Waals surface area contributed by atoms with Gasteiger partial charge in [0.15, 0.2) is 6.17 Å². The molecule has 1 atom stereocenters. The highest BCUT2D eigenvalue weighted by molar-refractivity contribution is 9.09. The summed E-state index contributed by atoms with van der Waals surface area (Å²) in [5, 5.41) is 0.358. The molecule has 0 aliphatic heterocycles. The standard InChI is InChI=1S/C7H11BrF4/c1-6(2,4-8)3-5(9)7(10,11)12/h5H,3-4H2,1-2H3. The molecule has 0 radical (unpaired) electrons. The van der Waals surface area contributed by atoms with E-state index in [0.717, 1.165) is 0 Å². The minimum Gasteiger partial charge on any atom is -0.237 e. The van der Waals surface area contributed by atoms with Gasteiger partial charge in [-0.1, -0.05) is 29.8 Å². The average Bonchev–Trinajstić information content (AvgIpc) is 1.85. The third kappa shape index (κ3) is 4.28. The van der Waals surface area contributed by atoms with E-state index >= 15 is 0 Å². The second-order valence-electron chi connectivity index (χ2n) is 3.51. The van der Waals surface area contributed by atoms with E-state index in [1.807, 2.05) is 0 Å². The molecule has 0 aliphatic rings. The predicted molar refractivity (Wildman–Crippen MR) is 43.1 cm³/mol. The van der Waals surface area contributed by atoms with E-state index in [0.29, 0.717) is 5.33 Å². The molecule has 0 aromatic rings. The molecule has 1 unspecified atom stereocenters. The van der Waals surface area contributed by atoms with Crippen molar-refractivity contribution in [1.29, 1.82) is 0 Å². The van der Waals surface area contributed by atoms with Crippen molar-refractivity contribution >= 4 is 15.9 Å². The summed E-state index contributed by atoms with van der Waals surface area (Å²) in [6.45, 7) is 3.17. The van der Waals surface area contributed by atoms with Gasteiger partial charge in [-0.2, -0.15) is 13.2 Å². The molecule has 0 heterocycles. The summed E-state index contributed by atoms with van der Waals surface area (Å²) < 4.78 is 47.6. The van der Waals surface area contributed by atoms with E-state index in [1.165, 1.54) is 0 Å². The van der Waals surface area contributed by atoms with E-state index in [1.54, 1.807) is 13.8 Å². The zero-order valence-corrected chi connectivity index (χ0v) is 8.47. The summed E-state index contributed by atoms with van der Waals surface area (Å²) in [6.07, 6.45) is -7.94. The van der Waals surface area contributed by atoms with Crippen LogP contribution in [0.4, 0.5) is 17.6 Å². The fourth-order valence-corrected chi connectivity index (χ4v) is 0.884. The molecule has 0 saturated heterocycles. The van der Waals surface area contributed by atoms with Crippen molar-refractivity contribution in [2.75, 3.05) is 5.33 Å². The Hall–Kier alpha value is 0.200. The SMILES string of the molecule is CC(C)(CBr)CC(F)C(F)(F)F. The second kappa shape index (κ2) is 3.94. The van der Waals surface area contributed by atoms with Crippen LogP contribution in [0.3, 0.4) is 0 Å². The molecular weight excluding hydrogens is 240 g/mol. The Bertz CT molecular complexity index is 141. The Morgan fingerprint density at radius 1 is 1.25 bits per heavy atom. The van der Waals surface area contributed by atoms with Crippen molar-refractivity contribution in [2.45, 2.75) is 32.6 Å². The first-order valence-corrected chi connectivity index (χ1v) is 4.58. The fraction of sp³-hybridized carbons (Fsp3) is 1.00. The van der Waals surface area contributed by atoms with E-state index in [2.05, 4.69) is 15.9 Å². The molecule has 0 rings (SSSR count). The summed E-state index contributed by atoms with van der Waals surface area (Å²) in [5.41, 5.74) is -0.658. The normalized spacial score (nSPS) is 16.2. The van der Waals surface area contributed by atoms with Crippen molar-refractivity contribution in [3.8, 4) is 0 Å². The van der Waals surface area contributed by atoms with Gasteiger partial charge in [-0.25, -0.2) is 4.39 Å². The van der Waals surface area contributed by atoms with Gasteiger partial charge in [0.25, 0.3) is 0 Å². The topological polar surface area (TPSA) is 0 Å². The summed E-state index contributed by atoms with van der Waals surface area (Å²) >= 11 is 3.03.